The van der Waals surface area contributed by atoms with Gasteiger partial charge in [0.2, 0.25) is 5.78 Å². The molecular weight excluding hydrogens is 427 g/mol. The van der Waals surface area contributed by atoms with Crippen LogP contribution < -0.4 is 0 Å². The van der Waals surface area contributed by atoms with Gasteiger partial charge in [-0.3, -0.25) is 24.2 Å². The third kappa shape index (κ3) is 4.02. The number of benzene rings is 1. The van der Waals surface area contributed by atoms with Crippen molar-refractivity contribution in [3.8, 4) is 0 Å². The van der Waals surface area contributed by atoms with Crippen LogP contribution in [0.25, 0.3) is 5.65 Å². The Balaban J connectivity index is 1.42. The number of halogens is 1. The molecule has 1 aliphatic heterocycles. The Kier molecular flexibility index (Phi) is 5.67. The lowest BCUT2D eigenvalue weighted by molar-refractivity contribution is -0.385. The second-order valence-electron chi connectivity index (χ2n) is 8.65. The van der Waals surface area contributed by atoms with Crippen molar-refractivity contribution >= 4 is 17.1 Å². The second-order valence-corrected chi connectivity index (χ2v) is 8.65. The van der Waals surface area contributed by atoms with Crippen LogP contribution in [0.3, 0.4) is 0 Å². The Labute approximate surface area is 190 Å². The number of pyridine rings is 1. The molecule has 2 fully saturated rings. The molecular formula is C24H25FN4O4. The number of nitro groups is 1. The number of imidazole rings is 1. The predicted molar refractivity (Wildman–Crippen MR) is 119 cm³/mol. The molecule has 0 bridgehead atoms. The number of hydrogen-bond donors (Lipinski definition) is 0. The summed E-state index contributed by atoms with van der Waals surface area (Å²) < 4.78 is 21.0. The summed E-state index contributed by atoms with van der Waals surface area (Å²) in [6.07, 6.45) is 8.09. The predicted octanol–water partition coefficient (Wildman–Crippen LogP) is 4.66. The number of carbonyl (C=O) groups excluding carboxylic acids is 1. The Morgan fingerprint density at radius 2 is 2.06 bits per heavy atom. The smallest absolute Gasteiger partial charge is 0.280 e. The molecule has 3 aromatic rings. The number of ketones is 1. The lowest BCUT2D eigenvalue weighted by Gasteiger charge is -2.32. The highest BCUT2D eigenvalue weighted by atomic mass is 19.1. The minimum atomic E-state index is -0.586. The molecule has 2 aliphatic rings. The van der Waals surface area contributed by atoms with Gasteiger partial charge in [0, 0.05) is 18.3 Å². The van der Waals surface area contributed by atoms with Gasteiger partial charge < -0.3 is 4.74 Å². The fourth-order valence-corrected chi connectivity index (χ4v) is 4.99. The fraction of sp³-hybridized carbons (Fsp3) is 0.417. The first-order valence-corrected chi connectivity index (χ1v) is 11.3. The van der Waals surface area contributed by atoms with Gasteiger partial charge in [0.25, 0.3) is 5.69 Å². The minimum absolute atomic E-state index is 0.0633. The van der Waals surface area contributed by atoms with Gasteiger partial charge >= 0.3 is 0 Å². The van der Waals surface area contributed by atoms with Gasteiger partial charge in [-0.1, -0.05) is 32.3 Å². The average molecular weight is 452 g/mol. The first kappa shape index (κ1) is 21.7. The summed E-state index contributed by atoms with van der Waals surface area (Å²) in [4.78, 5) is 30.9. The van der Waals surface area contributed by atoms with Gasteiger partial charge in [-0.05, 0) is 43.1 Å². The van der Waals surface area contributed by atoms with Crippen molar-refractivity contribution in [3.05, 3.63) is 75.5 Å². The third-order valence-electron chi connectivity index (χ3n) is 6.70. The maximum atomic E-state index is 13.7. The Morgan fingerprint density at radius 3 is 2.79 bits per heavy atom. The molecule has 8 nitrogen and oxygen atoms in total. The Morgan fingerprint density at radius 1 is 1.27 bits per heavy atom. The summed E-state index contributed by atoms with van der Waals surface area (Å²) >= 11 is 0. The monoisotopic (exact) mass is 452 g/mol. The number of epoxide rings is 1. The fourth-order valence-electron chi connectivity index (χ4n) is 4.99. The van der Waals surface area contributed by atoms with E-state index in [4.69, 9.17) is 4.74 Å². The normalized spacial score (nSPS) is 20.9. The van der Waals surface area contributed by atoms with Crippen LogP contribution in [0.2, 0.25) is 0 Å². The van der Waals surface area contributed by atoms with Crippen LogP contribution in [0.15, 0.2) is 42.7 Å². The number of carbonyl (C=O) groups is 1. The van der Waals surface area contributed by atoms with E-state index in [1.165, 1.54) is 54.1 Å². The number of nitro benzene ring substituents is 1. The highest BCUT2D eigenvalue weighted by Gasteiger charge is 2.47. The van der Waals surface area contributed by atoms with E-state index in [2.05, 4.69) is 16.8 Å². The van der Waals surface area contributed by atoms with Crippen LogP contribution >= 0.6 is 0 Å². The molecule has 1 aliphatic carbocycles. The molecule has 2 atom stereocenters. The molecule has 5 rings (SSSR count). The second kappa shape index (κ2) is 8.64. The van der Waals surface area contributed by atoms with Gasteiger partial charge in [-0.2, -0.15) is 0 Å². The van der Waals surface area contributed by atoms with Crippen molar-refractivity contribution in [1.29, 1.82) is 0 Å². The zero-order chi connectivity index (χ0) is 23.1. The van der Waals surface area contributed by atoms with E-state index in [-0.39, 0.29) is 29.3 Å². The summed E-state index contributed by atoms with van der Waals surface area (Å²) in [7, 11) is 0. The molecule has 1 aromatic carbocycles. The average Bonchev–Trinajstić information content (AvgIpc) is 3.50. The van der Waals surface area contributed by atoms with Crippen LogP contribution in [0.1, 0.15) is 66.7 Å². The number of rotatable bonds is 7. The Bertz CT molecular complexity index is 1220. The van der Waals surface area contributed by atoms with Gasteiger partial charge in [-0.25, -0.2) is 9.37 Å². The summed E-state index contributed by atoms with van der Waals surface area (Å²) in [6.45, 7) is 2.96. The van der Waals surface area contributed by atoms with Gasteiger partial charge in [0.05, 0.1) is 11.1 Å². The summed E-state index contributed by atoms with van der Waals surface area (Å²) in [5.74, 6) is -1.12. The molecule has 33 heavy (non-hydrogen) atoms. The molecule has 0 amide bonds. The van der Waals surface area contributed by atoms with Gasteiger partial charge in [-0.15, -0.1) is 0 Å². The van der Waals surface area contributed by atoms with E-state index < -0.39 is 16.5 Å². The number of likely N-dealkylation sites (N-methyl/N-ethyl adjacent to an activating group) is 1. The largest absolute Gasteiger partial charge is 0.348 e. The van der Waals surface area contributed by atoms with E-state index in [0.717, 1.165) is 25.6 Å². The van der Waals surface area contributed by atoms with Crippen LogP contribution in [0, 0.1) is 15.9 Å². The summed E-state index contributed by atoms with van der Waals surface area (Å²) in [5, 5.41) is 11.8. The summed E-state index contributed by atoms with van der Waals surface area (Å²) in [5.41, 5.74) is 0.776. The molecule has 3 heterocycles. The van der Waals surface area contributed by atoms with Crippen LogP contribution in [-0.2, 0) is 4.74 Å². The van der Waals surface area contributed by atoms with E-state index >= 15 is 0 Å². The van der Waals surface area contributed by atoms with Gasteiger partial charge in [0.1, 0.15) is 35.1 Å². The van der Waals surface area contributed by atoms with Crippen molar-refractivity contribution in [3.63, 3.8) is 0 Å². The molecule has 9 heteroatoms. The number of ether oxygens (including phenoxy) is 1. The molecule has 2 unspecified atom stereocenters. The van der Waals surface area contributed by atoms with Crippen LogP contribution in [0.5, 0.6) is 0 Å². The third-order valence-corrected chi connectivity index (χ3v) is 6.70. The molecule has 0 radical (unpaired) electrons. The molecule has 1 saturated carbocycles. The number of hydrogen-bond acceptors (Lipinski definition) is 6. The summed E-state index contributed by atoms with van der Waals surface area (Å²) in [6, 6.07) is 7.77. The minimum Gasteiger partial charge on any atom is -0.348 e. The number of fused-ring (bicyclic) bond motifs is 1. The standard InChI is InChI=1S/C24H25FN4O4/c1-2-27(17-6-4-3-5-7-17)24-23(33-24)15-8-10-18(19(12-15)29(31)32)22(30)20-13-26-21-11-9-16(25)14-28(20)21/h8-14,17,23-24H,2-7H2,1H3. The van der Waals surface area contributed by atoms with E-state index in [0.29, 0.717) is 17.3 Å². The topological polar surface area (TPSA) is 93.3 Å². The highest BCUT2D eigenvalue weighted by molar-refractivity contribution is 6.10. The first-order chi connectivity index (χ1) is 16.0. The lowest BCUT2D eigenvalue weighted by atomic mass is 9.94. The highest BCUT2D eigenvalue weighted by Crippen LogP contribution is 2.44. The van der Waals surface area contributed by atoms with Crippen LogP contribution in [-0.4, -0.2) is 43.8 Å². The molecule has 0 N–H and O–H groups in total. The maximum Gasteiger partial charge on any atom is 0.280 e. The Hall–Kier alpha value is -3.17. The SMILES string of the molecule is CCN(C1CCCCC1)C1OC1c1ccc(C(=O)c2cnc3ccc(F)cn23)c([N+](=O)[O-])c1. The number of aromatic nitrogens is 2. The zero-order valence-electron chi connectivity index (χ0n) is 18.3. The van der Waals surface area contributed by atoms with Crippen molar-refractivity contribution in [2.24, 2.45) is 0 Å². The molecule has 2 aromatic heterocycles. The van der Waals surface area contributed by atoms with E-state index in [1.807, 2.05) is 0 Å². The molecule has 172 valence electrons. The van der Waals surface area contributed by atoms with Gasteiger partial charge in [0.15, 0.2) is 0 Å². The zero-order valence-corrected chi connectivity index (χ0v) is 18.3. The quantitative estimate of drug-likeness (QED) is 0.224. The van der Waals surface area contributed by atoms with E-state index in [9.17, 15) is 19.3 Å². The molecule has 0 spiro atoms. The van der Waals surface area contributed by atoms with Crippen molar-refractivity contribution in [2.45, 2.75) is 57.4 Å². The van der Waals surface area contributed by atoms with E-state index in [1.54, 1.807) is 6.07 Å². The van der Waals surface area contributed by atoms with Crippen LogP contribution in [0.4, 0.5) is 10.1 Å². The molecule has 1 saturated heterocycles. The maximum absolute atomic E-state index is 13.7. The van der Waals surface area contributed by atoms with Crippen molar-refractivity contribution in [2.75, 3.05) is 6.54 Å². The van der Waals surface area contributed by atoms with Crippen molar-refractivity contribution < 1.29 is 18.8 Å². The van der Waals surface area contributed by atoms with Crippen molar-refractivity contribution in [1.82, 2.24) is 14.3 Å². The lowest BCUT2D eigenvalue weighted by Crippen LogP contribution is -2.39. The first-order valence-electron chi connectivity index (χ1n) is 11.3. The number of nitrogens with zero attached hydrogens (tertiary/aromatic N) is 4.